The fourth-order valence-electron chi connectivity index (χ4n) is 2.40. The number of hydrogen-bond donors (Lipinski definition) is 2. The molecule has 1 aliphatic rings. The number of hydrogen-bond acceptors (Lipinski definition) is 3. The zero-order valence-corrected chi connectivity index (χ0v) is 10.2. The van der Waals surface area contributed by atoms with Crippen molar-refractivity contribution in [3.63, 3.8) is 0 Å². The highest BCUT2D eigenvalue weighted by Gasteiger charge is 2.25. The second-order valence-electron chi connectivity index (χ2n) is 4.78. The summed E-state index contributed by atoms with van der Waals surface area (Å²) < 4.78 is 0. The molecule has 0 aliphatic heterocycles. The van der Waals surface area contributed by atoms with Crippen LogP contribution in [0.25, 0.3) is 0 Å². The minimum Gasteiger partial charge on any atom is -0.395 e. The Morgan fingerprint density at radius 3 is 2.56 bits per heavy atom. The Bertz CT molecular complexity index is 213. The van der Waals surface area contributed by atoms with E-state index in [1.807, 2.05) is 11.8 Å². The molecule has 4 nitrogen and oxygen atoms in total. The van der Waals surface area contributed by atoms with Crippen molar-refractivity contribution in [2.24, 2.45) is 5.73 Å². The Morgan fingerprint density at radius 1 is 1.44 bits per heavy atom. The van der Waals surface area contributed by atoms with Gasteiger partial charge in [0.05, 0.1) is 6.61 Å². The molecular formula is C12H24N2O2. The average molecular weight is 228 g/mol. The van der Waals surface area contributed by atoms with E-state index in [-0.39, 0.29) is 18.6 Å². The Morgan fingerprint density at radius 2 is 2.06 bits per heavy atom. The van der Waals surface area contributed by atoms with Crippen molar-refractivity contribution in [1.29, 1.82) is 0 Å². The number of rotatable bonds is 5. The van der Waals surface area contributed by atoms with Crippen LogP contribution in [-0.4, -0.2) is 41.1 Å². The van der Waals surface area contributed by atoms with E-state index in [1.165, 1.54) is 19.3 Å². The van der Waals surface area contributed by atoms with Gasteiger partial charge >= 0.3 is 0 Å². The molecule has 3 N–H and O–H groups in total. The van der Waals surface area contributed by atoms with Crippen molar-refractivity contribution < 1.29 is 9.90 Å². The van der Waals surface area contributed by atoms with Gasteiger partial charge in [0.2, 0.25) is 5.91 Å². The third-order valence-electron chi connectivity index (χ3n) is 3.17. The first-order valence-electron chi connectivity index (χ1n) is 6.31. The van der Waals surface area contributed by atoms with Gasteiger partial charge in [-0.2, -0.15) is 0 Å². The Labute approximate surface area is 97.8 Å². The van der Waals surface area contributed by atoms with Crippen LogP contribution in [0.15, 0.2) is 0 Å². The van der Waals surface area contributed by atoms with Gasteiger partial charge in [-0.25, -0.2) is 0 Å². The van der Waals surface area contributed by atoms with Crippen molar-refractivity contribution in [2.45, 2.75) is 57.5 Å². The molecule has 0 bridgehead atoms. The van der Waals surface area contributed by atoms with Crippen LogP contribution in [0.3, 0.4) is 0 Å². The first-order valence-corrected chi connectivity index (χ1v) is 6.31. The van der Waals surface area contributed by atoms with Gasteiger partial charge in [-0.05, 0) is 19.8 Å². The van der Waals surface area contributed by atoms with E-state index in [4.69, 9.17) is 10.8 Å². The van der Waals surface area contributed by atoms with Gasteiger partial charge in [-0.1, -0.05) is 19.3 Å². The third kappa shape index (κ3) is 4.10. The summed E-state index contributed by atoms with van der Waals surface area (Å²) in [5.74, 6) is 0.0935. The molecular weight excluding hydrogens is 204 g/mol. The molecule has 1 unspecified atom stereocenters. The lowest BCUT2D eigenvalue weighted by Gasteiger charge is -2.34. The number of nitrogens with two attached hydrogens (primary N) is 1. The lowest BCUT2D eigenvalue weighted by atomic mass is 9.94. The number of aliphatic hydroxyl groups excluding tert-OH is 1. The molecule has 1 atom stereocenters. The van der Waals surface area contributed by atoms with Gasteiger partial charge in [0.15, 0.2) is 0 Å². The molecule has 0 spiro atoms. The van der Waals surface area contributed by atoms with Crippen molar-refractivity contribution in [2.75, 3.05) is 13.2 Å². The van der Waals surface area contributed by atoms with Crippen LogP contribution >= 0.6 is 0 Å². The lowest BCUT2D eigenvalue weighted by Crippen LogP contribution is -2.44. The van der Waals surface area contributed by atoms with Gasteiger partial charge in [0.1, 0.15) is 0 Å². The topological polar surface area (TPSA) is 66.6 Å². The first kappa shape index (κ1) is 13.5. The van der Waals surface area contributed by atoms with Gasteiger partial charge in [0, 0.05) is 25.0 Å². The standard InChI is InChI=1S/C12H24N2O2/c1-10(13)9-12(16)14(7-8-15)11-5-3-2-4-6-11/h10-11,15H,2-9,13H2,1H3. The van der Waals surface area contributed by atoms with Crippen LogP contribution < -0.4 is 5.73 Å². The van der Waals surface area contributed by atoms with E-state index >= 15 is 0 Å². The van der Waals surface area contributed by atoms with E-state index in [2.05, 4.69) is 0 Å². The Hall–Kier alpha value is -0.610. The van der Waals surface area contributed by atoms with Gasteiger partial charge in [-0.15, -0.1) is 0 Å². The van der Waals surface area contributed by atoms with E-state index in [9.17, 15) is 4.79 Å². The number of nitrogens with zero attached hydrogens (tertiary/aromatic N) is 1. The summed E-state index contributed by atoms with van der Waals surface area (Å²) >= 11 is 0. The second-order valence-corrected chi connectivity index (χ2v) is 4.78. The molecule has 0 aromatic heterocycles. The van der Waals surface area contributed by atoms with Crippen molar-refractivity contribution in [3.8, 4) is 0 Å². The number of carbonyl (C=O) groups excluding carboxylic acids is 1. The molecule has 1 fully saturated rings. The maximum atomic E-state index is 12.0. The smallest absolute Gasteiger partial charge is 0.224 e. The molecule has 16 heavy (non-hydrogen) atoms. The predicted molar refractivity (Wildman–Crippen MR) is 63.9 cm³/mol. The van der Waals surface area contributed by atoms with Crippen molar-refractivity contribution in [3.05, 3.63) is 0 Å². The lowest BCUT2D eigenvalue weighted by molar-refractivity contribution is -0.135. The van der Waals surface area contributed by atoms with E-state index in [0.717, 1.165) is 12.8 Å². The summed E-state index contributed by atoms with van der Waals surface area (Å²) in [5, 5.41) is 9.03. The summed E-state index contributed by atoms with van der Waals surface area (Å²) in [6.07, 6.45) is 6.19. The summed E-state index contributed by atoms with van der Waals surface area (Å²) in [5.41, 5.74) is 5.65. The highest BCUT2D eigenvalue weighted by atomic mass is 16.3. The highest BCUT2D eigenvalue weighted by molar-refractivity contribution is 5.77. The largest absolute Gasteiger partial charge is 0.395 e. The summed E-state index contributed by atoms with van der Waals surface area (Å²) in [6, 6.07) is 0.226. The van der Waals surface area contributed by atoms with E-state index in [1.54, 1.807) is 0 Å². The number of carbonyl (C=O) groups is 1. The molecule has 1 amide bonds. The number of aliphatic hydroxyl groups is 1. The maximum Gasteiger partial charge on any atom is 0.224 e. The van der Waals surface area contributed by atoms with Crippen molar-refractivity contribution >= 4 is 5.91 Å². The van der Waals surface area contributed by atoms with Gasteiger partial charge < -0.3 is 15.7 Å². The van der Waals surface area contributed by atoms with E-state index in [0.29, 0.717) is 19.0 Å². The molecule has 0 aromatic rings. The average Bonchev–Trinajstić information content (AvgIpc) is 2.26. The SMILES string of the molecule is CC(N)CC(=O)N(CCO)C1CCCCC1. The first-order chi connectivity index (χ1) is 7.65. The minimum absolute atomic E-state index is 0.0428. The normalized spacial score (nSPS) is 19.4. The monoisotopic (exact) mass is 228 g/mol. The minimum atomic E-state index is -0.0997. The highest BCUT2D eigenvalue weighted by Crippen LogP contribution is 2.23. The van der Waals surface area contributed by atoms with Gasteiger partial charge in [-0.3, -0.25) is 4.79 Å². The number of amides is 1. The molecule has 1 rings (SSSR count). The summed E-state index contributed by atoms with van der Waals surface area (Å²) in [7, 11) is 0. The molecule has 0 radical (unpaired) electrons. The maximum absolute atomic E-state index is 12.0. The molecule has 4 heteroatoms. The van der Waals surface area contributed by atoms with Crippen LogP contribution in [0, 0.1) is 0 Å². The fraction of sp³-hybridized carbons (Fsp3) is 0.917. The van der Waals surface area contributed by atoms with Crippen LogP contribution in [0.1, 0.15) is 45.4 Å². The zero-order valence-electron chi connectivity index (χ0n) is 10.2. The van der Waals surface area contributed by atoms with Crippen molar-refractivity contribution in [1.82, 2.24) is 4.90 Å². The third-order valence-corrected chi connectivity index (χ3v) is 3.17. The van der Waals surface area contributed by atoms with Crippen LogP contribution in [-0.2, 0) is 4.79 Å². The summed E-state index contributed by atoms with van der Waals surface area (Å²) in [6.45, 7) is 2.34. The molecule has 94 valence electrons. The molecule has 1 aliphatic carbocycles. The predicted octanol–water partition coefficient (Wildman–Crippen LogP) is 0.877. The molecule has 0 heterocycles. The van der Waals surface area contributed by atoms with E-state index < -0.39 is 0 Å². The fourth-order valence-corrected chi connectivity index (χ4v) is 2.40. The zero-order chi connectivity index (χ0) is 12.0. The molecule has 0 saturated heterocycles. The van der Waals surface area contributed by atoms with Crippen LogP contribution in [0.5, 0.6) is 0 Å². The Balaban J connectivity index is 2.53. The Kier molecular flexibility index (Phi) is 5.77. The molecule has 1 saturated carbocycles. The summed E-state index contributed by atoms with van der Waals surface area (Å²) in [4.78, 5) is 13.8. The quantitative estimate of drug-likeness (QED) is 0.734. The van der Waals surface area contributed by atoms with Gasteiger partial charge in [0.25, 0.3) is 0 Å². The van der Waals surface area contributed by atoms with Crippen LogP contribution in [0.2, 0.25) is 0 Å². The second kappa shape index (κ2) is 6.86. The molecule has 0 aromatic carbocycles. The van der Waals surface area contributed by atoms with Crippen LogP contribution in [0.4, 0.5) is 0 Å².